The first kappa shape index (κ1) is 8.98. The molecule has 0 bridgehead atoms. The summed E-state index contributed by atoms with van der Waals surface area (Å²) in [6, 6.07) is 8.68. The third-order valence-electron chi connectivity index (χ3n) is 3.34. The smallest absolute Gasteiger partial charge is 0.0452 e. The van der Waals surface area contributed by atoms with Gasteiger partial charge in [-0.15, -0.1) is 0 Å². The molecule has 0 amide bonds. The third kappa shape index (κ3) is 1.65. The van der Waals surface area contributed by atoms with Crippen molar-refractivity contribution in [2.24, 2.45) is 0 Å². The maximum absolute atomic E-state index is 3.41. The Morgan fingerprint density at radius 3 is 2.87 bits per heavy atom. The van der Waals surface area contributed by atoms with Gasteiger partial charge in [0.25, 0.3) is 0 Å². The van der Waals surface area contributed by atoms with Gasteiger partial charge < -0.3 is 9.72 Å². The van der Waals surface area contributed by atoms with Crippen LogP contribution in [0.4, 0.5) is 0 Å². The standard InChI is InChI=1S/C13H16N2/c1-2-8-15-10-12(9-13(15)3-1)11-4-6-14-7-5-11/h1-3,8-11,14H,4-7H2. The number of hydrogen-bond donors (Lipinski definition) is 1. The average molecular weight is 200 g/mol. The van der Waals surface area contributed by atoms with E-state index in [4.69, 9.17) is 0 Å². The van der Waals surface area contributed by atoms with Gasteiger partial charge in [0.2, 0.25) is 0 Å². The van der Waals surface area contributed by atoms with Crippen molar-refractivity contribution in [3.8, 4) is 0 Å². The molecule has 2 aromatic heterocycles. The van der Waals surface area contributed by atoms with Crippen molar-refractivity contribution in [1.82, 2.24) is 9.72 Å². The zero-order chi connectivity index (χ0) is 10.1. The first-order valence-corrected chi connectivity index (χ1v) is 5.71. The molecule has 0 aliphatic carbocycles. The van der Waals surface area contributed by atoms with Crippen LogP contribution in [0.3, 0.4) is 0 Å². The van der Waals surface area contributed by atoms with Crippen molar-refractivity contribution in [1.29, 1.82) is 0 Å². The van der Waals surface area contributed by atoms with Crippen molar-refractivity contribution in [3.05, 3.63) is 42.2 Å². The molecule has 0 atom stereocenters. The molecule has 0 saturated carbocycles. The number of piperidine rings is 1. The lowest BCUT2D eigenvalue weighted by molar-refractivity contribution is 0.460. The van der Waals surface area contributed by atoms with E-state index in [9.17, 15) is 0 Å². The SMILES string of the molecule is c1ccn2cc(C3CCNCC3)cc2c1. The minimum absolute atomic E-state index is 0.756. The molecule has 0 spiro atoms. The fraction of sp³-hybridized carbons (Fsp3) is 0.385. The molecule has 3 rings (SSSR count). The molecule has 0 aromatic carbocycles. The van der Waals surface area contributed by atoms with E-state index in [1.54, 1.807) is 0 Å². The Morgan fingerprint density at radius 2 is 2.07 bits per heavy atom. The average Bonchev–Trinajstić information content (AvgIpc) is 2.74. The highest BCUT2D eigenvalue weighted by Crippen LogP contribution is 2.26. The molecule has 0 radical (unpaired) electrons. The summed E-state index contributed by atoms with van der Waals surface area (Å²) in [7, 11) is 0. The summed E-state index contributed by atoms with van der Waals surface area (Å²) in [6.07, 6.45) is 6.96. The Morgan fingerprint density at radius 1 is 1.20 bits per heavy atom. The number of aromatic nitrogens is 1. The molecule has 2 heteroatoms. The Bertz CT molecular complexity index is 419. The maximum Gasteiger partial charge on any atom is 0.0452 e. The Kier molecular flexibility index (Phi) is 2.22. The number of nitrogens with one attached hydrogen (secondary N) is 1. The minimum Gasteiger partial charge on any atom is -0.324 e. The van der Waals surface area contributed by atoms with Gasteiger partial charge in [-0.05, 0) is 55.6 Å². The summed E-state index contributed by atoms with van der Waals surface area (Å²) < 4.78 is 2.22. The summed E-state index contributed by atoms with van der Waals surface area (Å²) in [6.45, 7) is 2.33. The van der Waals surface area contributed by atoms with E-state index in [2.05, 4.69) is 46.4 Å². The van der Waals surface area contributed by atoms with Gasteiger partial charge in [0, 0.05) is 17.9 Å². The van der Waals surface area contributed by atoms with Crippen LogP contribution in [0.2, 0.25) is 0 Å². The molecule has 0 unspecified atom stereocenters. The van der Waals surface area contributed by atoms with E-state index in [0.29, 0.717) is 0 Å². The summed E-state index contributed by atoms with van der Waals surface area (Å²) >= 11 is 0. The summed E-state index contributed by atoms with van der Waals surface area (Å²) in [4.78, 5) is 0. The highest BCUT2D eigenvalue weighted by Gasteiger charge is 2.16. The number of fused-ring (bicyclic) bond motifs is 1. The zero-order valence-corrected chi connectivity index (χ0v) is 8.82. The van der Waals surface area contributed by atoms with E-state index in [-0.39, 0.29) is 0 Å². The van der Waals surface area contributed by atoms with Crippen LogP contribution in [0.15, 0.2) is 36.7 Å². The van der Waals surface area contributed by atoms with Crippen LogP contribution in [0.5, 0.6) is 0 Å². The van der Waals surface area contributed by atoms with E-state index in [1.807, 2.05) is 0 Å². The normalized spacial score (nSPS) is 18.4. The third-order valence-corrected chi connectivity index (χ3v) is 3.34. The zero-order valence-electron chi connectivity index (χ0n) is 8.82. The minimum atomic E-state index is 0.756. The van der Waals surface area contributed by atoms with Crippen molar-refractivity contribution < 1.29 is 0 Å². The van der Waals surface area contributed by atoms with Crippen molar-refractivity contribution in [2.75, 3.05) is 13.1 Å². The molecular formula is C13H16N2. The van der Waals surface area contributed by atoms with Gasteiger partial charge in [0.15, 0.2) is 0 Å². The number of nitrogens with zero attached hydrogens (tertiary/aromatic N) is 1. The molecule has 15 heavy (non-hydrogen) atoms. The molecule has 78 valence electrons. The van der Waals surface area contributed by atoms with Crippen molar-refractivity contribution in [2.45, 2.75) is 18.8 Å². The van der Waals surface area contributed by atoms with E-state index < -0.39 is 0 Å². The molecule has 2 nitrogen and oxygen atoms in total. The van der Waals surface area contributed by atoms with Crippen molar-refractivity contribution in [3.63, 3.8) is 0 Å². The summed E-state index contributed by atoms with van der Waals surface area (Å²) in [5.41, 5.74) is 2.81. The molecule has 1 fully saturated rings. The molecule has 1 saturated heterocycles. The topological polar surface area (TPSA) is 16.4 Å². The lowest BCUT2D eigenvalue weighted by atomic mass is 9.92. The second kappa shape index (κ2) is 3.70. The maximum atomic E-state index is 3.41. The van der Waals surface area contributed by atoms with Gasteiger partial charge in [-0.1, -0.05) is 6.07 Å². The van der Waals surface area contributed by atoms with Crippen LogP contribution in [-0.2, 0) is 0 Å². The van der Waals surface area contributed by atoms with Crippen LogP contribution < -0.4 is 5.32 Å². The van der Waals surface area contributed by atoms with Crippen molar-refractivity contribution >= 4 is 5.52 Å². The van der Waals surface area contributed by atoms with Crippen LogP contribution in [0.1, 0.15) is 24.3 Å². The molecule has 1 N–H and O–H groups in total. The largest absolute Gasteiger partial charge is 0.324 e. The number of hydrogen-bond acceptors (Lipinski definition) is 1. The molecule has 1 aliphatic rings. The van der Waals surface area contributed by atoms with E-state index in [1.165, 1.54) is 23.9 Å². The van der Waals surface area contributed by atoms with Crippen LogP contribution in [-0.4, -0.2) is 17.5 Å². The van der Waals surface area contributed by atoms with Gasteiger partial charge in [0.05, 0.1) is 0 Å². The van der Waals surface area contributed by atoms with Crippen LogP contribution in [0.25, 0.3) is 5.52 Å². The fourth-order valence-corrected chi connectivity index (χ4v) is 2.46. The highest BCUT2D eigenvalue weighted by atomic mass is 14.9. The second-order valence-electron chi connectivity index (χ2n) is 4.33. The number of pyridine rings is 1. The van der Waals surface area contributed by atoms with Gasteiger partial charge in [-0.25, -0.2) is 0 Å². The monoisotopic (exact) mass is 200 g/mol. The lowest BCUT2D eigenvalue weighted by Crippen LogP contribution is -2.26. The first-order chi connectivity index (χ1) is 7.43. The molecule has 2 aromatic rings. The molecule has 1 aliphatic heterocycles. The van der Waals surface area contributed by atoms with Gasteiger partial charge in [-0.3, -0.25) is 0 Å². The van der Waals surface area contributed by atoms with E-state index in [0.717, 1.165) is 19.0 Å². The Hall–Kier alpha value is -1.28. The predicted octanol–water partition coefficient (Wildman–Crippen LogP) is 2.41. The van der Waals surface area contributed by atoms with Gasteiger partial charge >= 0.3 is 0 Å². The first-order valence-electron chi connectivity index (χ1n) is 5.71. The Balaban J connectivity index is 1.96. The summed E-state index contributed by atoms with van der Waals surface area (Å²) in [5, 5.41) is 3.41. The fourth-order valence-electron chi connectivity index (χ4n) is 2.46. The number of rotatable bonds is 1. The quantitative estimate of drug-likeness (QED) is 0.747. The lowest BCUT2D eigenvalue weighted by Gasteiger charge is -2.21. The Labute approximate surface area is 89.9 Å². The van der Waals surface area contributed by atoms with Crippen LogP contribution in [0, 0.1) is 0 Å². The van der Waals surface area contributed by atoms with Gasteiger partial charge in [-0.2, -0.15) is 0 Å². The predicted molar refractivity (Wildman–Crippen MR) is 62.2 cm³/mol. The van der Waals surface area contributed by atoms with E-state index >= 15 is 0 Å². The second-order valence-corrected chi connectivity index (χ2v) is 4.33. The van der Waals surface area contributed by atoms with Gasteiger partial charge in [0.1, 0.15) is 0 Å². The molecule has 3 heterocycles. The molecular weight excluding hydrogens is 184 g/mol. The van der Waals surface area contributed by atoms with Crippen LogP contribution >= 0.6 is 0 Å². The highest BCUT2D eigenvalue weighted by molar-refractivity contribution is 5.51. The summed E-state index contributed by atoms with van der Waals surface area (Å²) in [5.74, 6) is 0.756.